The van der Waals surface area contributed by atoms with Crippen molar-refractivity contribution in [2.45, 2.75) is 103 Å². The van der Waals surface area contributed by atoms with Gasteiger partial charge in [-0.2, -0.15) is 0 Å². The predicted molar refractivity (Wildman–Crippen MR) is 262 cm³/mol. The number of halogens is 1. The molecular formula is C56H61ClO10. The van der Waals surface area contributed by atoms with Gasteiger partial charge in [0.05, 0.1) is 43.2 Å². The van der Waals surface area contributed by atoms with Crippen LogP contribution in [0.4, 0.5) is 0 Å². The third-order valence-electron chi connectivity index (χ3n) is 10.6. The van der Waals surface area contributed by atoms with Crippen LogP contribution in [0.15, 0.2) is 141 Å². The summed E-state index contributed by atoms with van der Waals surface area (Å²) in [5.41, 5.74) is 0.685. The van der Waals surface area contributed by atoms with E-state index in [0.29, 0.717) is 35.8 Å². The molecule has 10 nitrogen and oxygen atoms in total. The van der Waals surface area contributed by atoms with Crippen molar-refractivity contribution in [3.63, 3.8) is 0 Å². The molecule has 67 heavy (non-hydrogen) atoms. The van der Waals surface area contributed by atoms with Crippen LogP contribution in [0.2, 0.25) is 5.02 Å². The lowest BCUT2D eigenvalue weighted by molar-refractivity contribution is 0.0723. The lowest BCUT2D eigenvalue weighted by Gasteiger charge is -2.10. The van der Waals surface area contributed by atoms with E-state index in [1.54, 1.807) is 48.5 Å². The molecule has 0 unspecified atom stereocenters. The first-order valence-corrected chi connectivity index (χ1v) is 23.5. The maximum atomic E-state index is 13.2. The number of rotatable bonds is 30. The maximum Gasteiger partial charge on any atom is 0.343 e. The summed E-state index contributed by atoms with van der Waals surface area (Å²) in [7, 11) is 0. The summed E-state index contributed by atoms with van der Waals surface area (Å²) in [5, 5.41) is -0.235. The maximum absolute atomic E-state index is 13.2. The predicted octanol–water partition coefficient (Wildman–Crippen LogP) is 14.6. The van der Waals surface area contributed by atoms with E-state index in [9.17, 15) is 19.2 Å². The molecular weight excluding hydrogens is 868 g/mol. The van der Waals surface area contributed by atoms with Crippen molar-refractivity contribution in [1.29, 1.82) is 0 Å². The Kier molecular flexibility index (Phi) is 21.0. The summed E-state index contributed by atoms with van der Waals surface area (Å²) in [6.45, 7) is 8.71. The Bertz CT molecular complexity index is 2270. The van der Waals surface area contributed by atoms with Crippen molar-refractivity contribution in [2.75, 3.05) is 13.2 Å². The topological polar surface area (TPSA) is 124 Å². The second kappa shape index (κ2) is 29.1. The molecule has 0 aliphatic rings. The fourth-order valence-electron chi connectivity index (χ4n) is 6.78. The van der Waals surface area contributed by atoms with Crippen molar-refractivity contribution in [3.8, 4) is 34.5 Å². The molecule has 5 rings (SSSR count). The SMILES string of the molecule is [2H]c1cc(Cl)c(OC(=O)c2ccc(OC(=O)c3ccc(OCCCCCCCCCC=C)cc3)cc2)c([2H])c1OC(=O)c1ccc(OC(=O)c2ccc(OCCCCCCCCCC=C)cc2)cc1. The van der Waals surface area contributed by atoms with Gasteiger partial charge in [-0.05, 0) is 148 Å². The molecule has 0 N–H and O–H groups in total. The molecule has 0 spiro atoms. The van der Waals surface area contributed by atoms with Gasteiger partial charge in [-0.1, -0.05) is 88.0 Å². The molecule has 0 saturated carbocycles. The van der Waals surface area contributed by atoms with Crippen LogP contribution in [-0.2, 0) is 0 Å². The number of benzene rings is 5. The normalized spacial score (nSPS) is 11.1. The smallest absolute Gasteiger partial charge is 0.343 e. The van der Waals surface area contributed by atoms with Gasteiger partial charge in [-0.25, -0.2) is 19.2 Å². The molecule has 5 aromatic rings. The van der Waals surface area contributed by atoms with Gasteiger partial charge < -0.3 is 28.4 Å². The van der Waals surface area contributed by atoms with Crippen LogP contribution in [0.25, 0.3) is 0 Å². The zero-order valence-corrected chi connectivity index (χ0v) is 38.8. The van der Waals surface area contributed by atoms with Gasteiger partial charge in [-0.3, -0.25) is 0 Å². The van der Waals surface area contributed by atoms with Gasteiger partial charge >= 0.3 is 23.9 Å². The second-order valence-corrected chi connectivity index (χ2v) is 16.3. The highest BCUT2D eigenvalue weighted by atomic mass is 35.5. The molecule has 0 bridgehead atoms. The van der Waals surface area contributed by atoms with E-state index in [2.05, 4.69) is 13.2 Å². The van der Waals surface area contributed by atoms with E-state index < -0.39 is 47.5 Å². The Morgan fingerprint density at radius 3 is 1.10 bits per heavy atom. The highest BCUT2D eigenvalue weighted by Crippen LogP contribution is 2.31. The van der Waals surface area contributed by atoms with Gasteiger partial charge in [0.1, 0.15) is 28.7 Å². The van der Waals surface area contributed by atoms with E-state index in [4.69, 9.17) is 42.8 Å². The number of carbonyl (C=O) groups excluding carboxylic acids is 4. The molecule has 0 aliphatic heterocycles. The first kappa shape index (κ1) is 48.3. The highest BCUT2D eigenvalue weighted by Gasteiger charge is 2.17. The van der Waals surface area contributed by atoms with E-state index in [1.165, 1.54) is 113 Å². The molecule has 0 fully saturated rings. The summed E-state index contributed by atoms with van der Waals surface area (Å²) in [6, 6.07) is 24.5. The Labute approximate surface area is 402 Å². The van der Waals surface area contributed by atoms with Crippen molar-refractivity contribution >= 4 is 35.5 Å². The van der Waals surface area contributed by atoms with E-state index in [-0.39, 0.29) is 27.6 Å². The van der Waals surface area contributed by atoms with Gasteiger partial charge in [0.15, 0.2) is 5.75 Å². The lowest BCUT2D eigenvalue weighted by Crippen LogP contribution is -2.11. The average Bonchev–Trinajstić information content (AvgIpc) is 3.36. The average molecular weight is 932 g/mol. The quantitative estimate of drug-likeness (QED) is 0.0190. The second-order valence-electron chi connectivity index (χ2n) is 15.9. The van der Waals surface area contributed by atoms with Crippen LogP contribution >= 0.6 is 11.6 Å². The number of hydrogen-bond acceptors (Lipinski definition) is 10. The summed E-state index contributed by atoms with van der Waals surface area (Å²) < 4.78 is 50.4. The molecule has 0 amide bonds. The molecule has 0 saturated heterocycles. The highest BCUT2D eigenvalue weighted by molar-refractivity contribution is 6.32. The van der Waals surface area contributed by atoms with Gasteiger partial charge in [0, 0.05) is 6.04 Å². The van der Waals surface area contributed by atoms with Crippen LogP contribution in [0, 0.1) is 0 Å². The Morgan fingerprint density at radius 1 is 0.418 bits per heavy atom. The van der Waals surface area contributed by atoms with E-state index >= 15 is 0 Å². The zero-order valence-electron chi connectivity index (χ0n) is 40.1. The lowest BCUT2D eigenvalue weighted by atomic mass is 10.1. The molecule has 0 atom stereocenters. The minimum absolute atomic E-state index is 0.0247. The van der Waals surface area contributed by atoms with E-state index in [0.717, 1.165) is 44.6 Å². The molecule has 352 valence electrons. The molecule has 0 aromatic heterocycles. The van der Waals surface area contributed by atoms with Crippen molar-refractivity contribution in [3.05, 3.63) is 168 Å². The molecule has 0 radical (unpaired) electrons. The van der Waals surface area contributed by atoms with Crippen LogP contribution in [0.5, 0.6) is 34.5 Å². The van der Waals surface area contributed by atoms with E-state index in [1.807, 2.05) is 12.2 Å². The molecule has 5 aromatic carbocycles. The fourth-order valence-corrected chi connectivity index (χ4v) is 6.92. The monoisotopic (exact) mass is 930 g/mol. The standard InChI is InChI=1S/C56H61ClO10/c1-3-5-7-9-11-13-15-17-19-39-62-46-29-21-42(22-30-46)53(58)64-48-33-25-44(26-34-48)55(60)66-50-37-38-51(57)52(41-50)67-56(61)45-27-35-49(36-28-45)65-54(59)43-23-31-47(32-24-43)63-40-20-18-16-14-12-10-8-6-4-2/h3-4,21-38,41H,1-2,5-20,39-40H2/i37D,41D. The van der Waals surface area contributed by atoms with Crippen LogP contribution < -0.4 is 28.4 Å². The van der Waals surface area contributed by atoms with Crippen molar-refractivity contribution in [2.24, 2.45) is 0 Å². The number of allylic oxidation sites excluding steroid dienone is 2. The molecule has 0 aliphatic carbocycles. The molecule has 0 heterocycles. The first-order valence-electron chi connectivity index (χ1n) is 24.1. The number of hydrogen-bond donors (Lipinski definition) is 0. The van der Waals surface area contributed by atoms with Gasteiger partial charge in [0.25, 0.3) is 0 Å². The third kappa shape index (κ3) is 18.6. The van der Waals surface area contributed by atoms with Gasteiger partial charge in [0.2, 0.25) is 0 Å². The number of unbranched alkanes of at least 4 members (excludes halogenated alkanes) is 14. The minimum Gasteiger partial charge on any atom is -0.494 e. The first-order chi connectivity index (χ1) is 33.6. The summed E-state index contributed by atoms with van der Waals surface area (Å²) >= 11 is 6.30. The zero-order chi connectivity index (χ0) is 49.2. The molecule has 11 heteroatoms. The third-order valence-corrected chi connectivity index (χ3v) is 10.9. The number of ether oxygens (including phenoxy) is 6. The Morgan fingerprint density at radius 2 is 0.731 bits per heavy atom. The summed E-state index contributed by atoms with van der Waals surface area (Å²) in [5.74, 6) is -2.34. The number of esters is 4. The Balaban J connectivity index is 1.05. The number of carbonyl (C=O) groups is 4. The van der Waals surface area contributed by atoms with Crippen LogP contribution in [0.1, 0.15) is 147 Å². The Hall–Kier alpha value is -6.65. The van der Waals surface area contributed by atoms with Crippen LogP contribution in [-0.4, -0.2) is 37.1 Å². The largest absolute Gasteiger partial charge is 0.494 e. The fraction of sp³-hybridized carbons (Fsp3) is 0.321. The minimum atomic E-state index is -0.930. The van der Waals surface area contributed by atoms with Crippen molar-refractivity contribution < 1.29 is 50.3 Å². The van der Waals surface area contributed by atoms with Crippen molar-refractivity contribution in [1.82, 2.24) is 0 Å². The summed E-state index contributed by atoms with van der Waals surface area (Å²) in [4.78, 5) is 52.0. The summed E-state index contributed by atoms with van der Waals surface area (Å²) in [6.07, 6.45) is 22.4. The van der Waals surface area contributed by atoms with Gasteiger partial charge in [-0.15, -0.1) is 13.2 Å². The van der Waals surface area contributed by atoms with Crippen LogP contribution in [0.3, 0.4) is 0 Å².